The smallest absolute Gasteiger partial charge is 0.227 e. The van der Waals surface area contributed by atoms with Crippen molar-refractivity contribution in [1.82, 2.24) is 10.3 Å². The van der Waals surface area contributed by atoms with E-state index in [1.54, 1.807) is 0 Å². The van der Waals surface area contributed by atoms with E-state index in [9.17, 15) is 4.79 Å². The summed E-state index contributed by atoms with van der Waals surface area (Å²) in [5.41, 5.74) is 6.51. The average Bonchev–Trinajstić information content (AvgIpc) is 3.01. The number of hydrogen-bond donors (Lipinski definition) is 2. The molecule has 0 aliphatic rings. The highest BCUT2D eigenvalue weighted by atomic mass is 32.1. The highest BCUT2D eigenvalue weighted by Gasteiger charge is 2.15. The molecule has 0 aliphatic carbocycles. The van der Waals surface area contributed by atoms with E-state index < -0.39 is 0 Å². The van der Waals surface area contributed by atoms with Crippen LogP contribution in [0.15, 0.2) is 34.7 Å². The third kappa shape index (κ3) is 4.17. The van der Waals surface area contributed by atoms with Gasteiger partial charge in [-0.3, -0.25) is 4.79 Å². The predicted molar refractivity (Wildman–Crippen MR) is 113 cm³/mol. The van der Waals surface area contributed by atoms with E-state index in [0.717, 1.165) is 45.5 Å². The molecule has 6 heteroatoms. The van der Waals surface area contributed by atoms with Crippen LogP contribution in [0.2, 0.25) is 0 Å². The Morgan fingerprint density at radius 2 is 2.00 bits per heavy atom. The quantitative estimate of drug-likeness (QED) is 0.620. The normalized spacial score (nSPS) is 10.8. The maximum absolute atomic E-state index is 11.7. The van der Waals surface area contributed by atoms with E-state index in [0.29, 0.717) is 12.3 Å². The fourth-order valence-corrected chi connectivity index (χ4v) is 3.29. The highest BCUT2D eigenvalue weighted by molar-refractivity contribution is 7.80. The van der Waals surface area contributed by atoms with Gasteiger partial charge in [0.05, 0.1) is 0 Å². The van der Waals surface area contributed by atoms with E-state index in [4.69, 9.17) is 16.6 Å². The van der Waals surface area contributed by atoms with Gasteiger partial charge in [-0.2, -0.15) is 0 Å². The summed E-state index contributed by atoms with van der Waals surface area (Å²) < 4.78 is 6.04. The number of fused-ring (bicyclic) bond motifs is 1. The molecular weight excluding hydrogens is 358 g/mol. The number of benzene rings is 2. The largest absolute Gasteiger partial charge is 0.436 e. The zero-order valence-corrected chi connectivity index (χ0v) is 16.8. The summed E-state index contributed by atoms with van der Waals surface area (Å²) in [7, 11) is 0. The van der Waals surface area contributed by atoms with Crippen molar-refractivity contribution in [1.29, 1.82) is 0 Å². The van der Waals surface area contributed by atoms with Gasteiger partial charge in [-0.05, 0) is 74.3 Å². The molecule has 0 atom stereocenters. The number of carbonyl (C=O) groups is 1. The second-order valence-electron chi connectivity index (χ2n) is 6.68. The fraction of sp³-hybridized carbons (Fsp3) is 0.286. The molecule has 0 fully saturated rings. The Morgan fingerprint density at radius 3 is 2.74 bits per heavy atom. The van der Waals surface area contributed by atoms with Gasteiger partial charge in [0.2, 0.25) is 11.8 Å². The molecule has 0 radical (unpaired) electrons. The van der Waals surface area contributed by atoms with E-state index >= 15 is 0 Å². The number of nitrogens with one attached hydrogen (secondary N) is 2. The van der Waals surface area contributed by atoms with Crippen LogP contribution in [-0.4, -0.2) is 16.0 Å². The minimum absolute atomic E-state index is 0.0893. The van der Waals surface area contributed by atoms with Gasteiger partial charge in [0.25, 0.3) is 0 Å². The first-order valence-electron chi connectivity index (χ1n) is 8.97. The van der Waals surface area contributed by atoms with Crippen LogP contribution in [0.5, 0.6) is 0 Å². The van der Waals surface area contributed by atoms with Crippen molar-refractivity contribution in [3.63, 3.8) is 0 Å². The summed E-state index contributed by atoms with van der Waals surface area (Å²) in [6.07, 6.45) is 1.22. The SMILES string of the molecule is CCCC(=O)NC(=S)Nc1cccc(-c2nc3cc(C)cc(C)c3o2)c1C. The second kappa shape index (κ2) is 7.88. The number of aryl methyl sites for hydroxylation is 2. The van der Waals surface area contributed by atoms with Crippen molar-refractivity contribution in [2.75, 3.05) is 5.32 Å². The Bertz CT molecular complexity index is 1020. The molecule has 0 bridgehead atoms. The number of thiocarbonyl (C=S) groups is 1. The van der Waals surface area contributed by atoms with Crippen LogP contribution in [0, 0.1) is 20.8 Å². The lowest BCUT2D eigenvalue weighted by Gasteiger charge is -2.13. The third-order valence-electron chi connectivity index (χ3n) is 4.36. The molecule has 3 rings (SSSR count). The summed E-state index contributed by atoms with van der Waals surface area (Å²) >= 11 is 5.25. The number of oxazole rings is 1. The zero-order chi connectivity index (χ0) is 19.6. The number of aromatic nitrogens is 1. The Kier molecular flexibility index (Phi) is 5.56. The zero-order valence-electron chi connectivity index (χ0n) is 16.0. The lowest BCUT2D eigenvalue weighted by atomic mass is 10.1. The molecule has 0 saturated heterocycles. The van der Waals surface area contributed by atoms with Crippen molar-refractivity contribution < 1.29 is 9.21 Å². The Balaban J connectivity index is 1.90. The van der Waals surface area contributed by atoms with E-state index in [-0.39, 0.29) is 11.0 Å². The van der Waals surface area contributed by atoms with Gasteiger partial charge in [0, 0.05) is 17.7 Å². The Hall–Kier alpha value is -2.73. The molecule has 1 aromatic heterocycles. The van der Waals surface area contributed by atoms with E-state index in [1.165, 1.54) is 0 Å². The van der Waals surface area contributed by atoms with Gasteiger partial charge in [0.1, 0.15) is 5.52 Å². The van der Waals surface area contributed by atoms with Crippen molar-refractivity contribution in [2.24, 2.45) is 0 Å². The molecule has 5 nitrogen and oxygen atoms in total. The molecule has 0 spiro atoms. The van der Waals surface area contributed by atoms with Crippen molar-refractivity contribution in [3.05, 3.63) is 47.0 Å². The van der Waals surface area contributed by atoms with Crippen LogP contribution in [0.4, 0.5) is 5.69 Å². The molecule has 0 saturated carbocycles. The highest BCUT2D eigenvalue weighted by Crippen LogP contribution is 2.32. The van der Waals surface area contributed by atoms with Crippen molar-refractivity contribution >= 4 is 40.0 Å². The van der Waals surface area contributed by atoms with Crippen LogP contribution < -0.4 is 10.6 Å². The first-order valence-corrected chi connectivity index (χ1v) is 9.38. The van der Waals surface area contributed by atoms with Gasteiger partial charge in [-0.25, -0.2) is 4.98 Å². The number of hydrogen-bond acceptors (Lipinski definition) is 4. The molecule has 0 unspecified atom stereocenters. The number of carbonyl (C=O) groups excluding carboxylic acids is 1. The second-order valence-corrected chi connectivity index (χ2v) is 7.09. The number of nitrogens with zero attached hydrogens (tertiary/aromatic N) is 1. The molecule has 140 valence electrons. The maximum atomic E-state index is 11.7. The molecular formula is C21H23N3O2S. The minimum atomic E-state index is -0.0893. The van der Waals surface area contributed by atoms with E-state index in [1.807, 2.05) is 52.0 Å². The Labute approximate surface area is 164 Å². The summed E-state index contributed by atoms with van der Waals surface area (Å²) in [4.78, 5) is 16.4. The maximum Gasteiger partial charge on any atom is 0.227 e. The molecule has 0 aliphatic heterocycles. The summed E-state index contributed by atoms with van der Waals surface area (Å²) in [6.45, 7) is 7.99. The summed E-state index contributed by atoms with van der Waals surface area (Å²) in [5.74, 6) is 0.481. The van der Waals surface area contributed by atoms with Gasteiger partial charge in [0.15, 0.2) is 10.7 Å². The average molecular weight is 382 g/mol. The predicted octanol–water partition coefficient (Wildman–Crippen LogP) is 5.03. The molecule has 2 aromatic carbocycles. The van der Waals surface area contributed by atoms with Gasteiger partial charge in [-0.1, -0.05) is 19.1 Å². The third-order valence-corrected chi connectivity index (χ3v) is 4.57. The van der Waals surface area contributed by atoms with E-state index in [2.05, 4.69) is 21.7 Å². The van der Waals surface area contributed by atoms with Gasteiger partial charge < -0.3 is 15.1 Å². The first-order chi connectivity index (χ1) is 12.9. The molecule has 2 N–H and O–H groups in total. The Morgan fingerprint density at radius 1 is 1.22 bits per heavy atom. The lowest BCUT2D eigenvalue weighted by Crippen LogP contribution is -2.34. The lowest BCUT2D eigenvalue weighted by molar-refractivity contribution is -0.119. The van der Waals surface area contributed by atoms with Crippen molar-refractivity contribution in [2.45, 2.75) is 40.5 Å². The van der Waals surface area contributed by atoms with Crippen molar-refractivity contribution in [3.8, 4) is 11.5 Å². The summed E-state index contributed by atoms with van der Waals surface area (Å²) in [6, 6.07) is 9.89. The van der Waals surface area contributed by atoms with Gasteiger partial charge in [-0.15, -0.1) is 0 Å². The number of rotatable bonds is 4. The summed E-state index contributed by atoms with van der Waals surface area (Å²) in [5, 5.41) is 6.08. The van der Waals surface area contributed by atoms with Crippen LogP contribution in [0.25, 0.3) is 22.6 Å². The van der Waals surface area contributed by atoms with Crippen LogP contribution in [-0.2, 0) is 4.79 Å². The molecule has 3 aromatic rings. The van der Waals surface area contributed by atoms with Gasteiger partial charge >= 0.3 is 0 Å². The van der Waals surface area contributed by atoms with Crippen LogP contribution in [0.1, 0.15) is 36.5 Å². The molecule has 1 heterocycles. The monoisotopic (exact) mass is 381 g/mol. The molecule has 1 amide bonds. The topological polar surface area (TPSA) is 67.2 Å². The number of anilines is 1. The standard InChI is InChI=1S/C21H23N3O2S/c1-5-7-18(25)24-21(27)23-16-9-6-8-15(14(16)4)20-22-17-11-12(2)10-13(3)19(17)26-20/h6,8-11H,5,7H2,1-4H3,(H2,23,24,25,27). The van der Waals surface area contributed by atoms with Crippen LogP contribution in [0.3, 0.4) is 0 Å². The first kappa shape index (κ1) is 19.0. The molecule has 27 heavy (non-hydrogen) atoms. The minimum Gasteiger partial charge on any atom is -0.436 e. The number of amides is 1. The fourth-order valence-electron chi connectivity index (χ4n) is 3.06. The van der Waals surface area contributed by atoms with Crippen LogP contribution >= 0.6 is 12.2 Å².